The van der Waals surface area contributed by atoms with Crippen molar-refractivity contribution in [2.75, 3.05) is 10.6 Å². The van der Waals surface area contributed by atoms with E-state index in [-0.39, 0.29) is 35.3 Å². The molecular formula is C24H20N2O8. The molecular weight excluding hydrogens is 444 g/mol. The van der Waals surface area contributed by atoms with Crippen LogP contribution in [0.4, 0.5) is 22.7 Å². The summed E-state index contributed by atoms with van der Waals surface area (Å²) in [4.78, 5) is 45.4. The second-order valence-corrected chi connectivity index (χ2v) is 7.34. The molecule has 6 N–H and O–H groups in total. The van der Waals surface area contributed by atoms with Crippen molar-refractivity contribution in [3.63, 3.8) is 0 Å². The van der Waals surface area contributed by atoms with Crippen LogP contribution in [0.15, 0.2) is 60.7 Å². The summed E-state index contributed by atoms with van der Waals surface area (Å²) >= 11 is 0. The minimum atomic E-state index is -1.29. The topological polar surface area (TPSA) is 173 Å². The van der Waals surface area contributed by atoms with Crippen molar-refractivity contribution in [1.82, 2.24) is 0 Å². The van der Waals surface area contributed by atoms with Crippen molar-refractivity contribution in [3.8, 4) is 0 Å². The van der Waals surface area contributed by atoms with Crippen LogP contribution in [-0.2, 0) is 22.4 Å². The summed E-state index contributed by atoms with van der Waals surface area (Å²) in [6, 6.07) is 14.9. The molecule has 0 atom stereocenters. The molecule has 0 spiro atoms. The summed E-state index contributed by atoms with van der Waals surface area (Å²) in [6.07, 6.45) is -0.330. The third-order valence-corrected chi connectivity index (χ3v) is 4.80. The van der Waals surface area contributed by atoms with E-state index in [0.717, 1.165) is 0 Å². The van der Waals surface area contributed by atoms with Crippen molar-refractivity contribution in [1.29, 1.82) is 0 Å². The van der Waals surface area contributed by atoms with Gasteiger partial charge in [-0.1, -0.05) is 24.3 Å². The lowest BCUT2D eigenvalue weighted by atomic mass is 10.0. The smallest absolute Gasteiger partial charge is 0.337 e. The van der Waals surface area contributed by atoms with Crippen molar-refractivity contribution >= 4 is 46.6 Å². The maximum Gasteiger partial charge on any atom is 0.337 e. The van der Waals surface area contributed by atoms with Gasteiger partial charge in [-0.25, -0.2) is 9.59 Å². The van der Waals surface area contributed by atoms with Gasteiger partial charge in [0.2, 0.25) is 0 Å². The standard InChI is InChI=1S/C24H20N2O8/c27-21(28)9-13-1-5-15(6-2-13)25-19-11-18(24(33)34)20(12-17(19)23(31)32)26-16-7-3-14(4-8-16)10-22(29)30/h1-8,11-12,25-26H,9-10H2,(H,27,28)(H,29,30)(H,31,32)(H,33,34). The number of aromatic carboxylic acids is 2. The Bertz CT molecular complexity index is 1150. The van der Waals surface area contributed by atoms with Crippen molar-refractivity contribution < 1.29 is 39.6 Å². The molecule has 0 saturated heterocycles. The number of benzene rings is 3. The van der Waals surface area contributed by atoms with Crippen molar-refractivity contribution in [3.05, 3.63) is 82.9 Å². The lowest BCUT2D eigenvalue weighted by Gasteiger charge is -2.16. The van der Waals surface area contributed by atoms with Gasteiger partial charge < -0.3 is 31.1 Å². The number of anilines is 4. The first kappa shape index (κ1) is 23.8. The molecule has 3 rings (SSSR count). The number of hydrogen-bond acceptors (Lipinski definition) is 6. The van der Waals surface area contributed by atoms with Gasteiger partial charge in [-0.3, -0.25) is 9.59 Å². The summed E-state index contributed by atoms with van der Waals surface area (Å²) < 4.78 is 0. The quantitative estimate of drug-likeness (QED) is 0.259. The Morgan fingerprint density at radius 1 is 0.559 bits per heavy atom. The van der Waals surface area contributed by atoms with E-state index >= 15 is 0 Å². The highest BCUT2D eigenvalue weighted by Gasteiger charge is 2.19. The molecule has 0 amide bonds. The van der Waals surface area contributed by atoms with E-state index in [1.54, 1.807) is 48.5 Å². The van der Waals surface area contributed by atoms with Crippen LogP contribution < -0.4 is 10.6 Å². The Morgan fingerprint density at radius 3 is 1.15 bits per heavy atom. The molecule has 0 aliphatic heterocycles. The Kier molecular flexibility index (Phi) is 7.12. The molecule has 0 aliphatic carbocycles. The summed E-state index contributed by atoms with van der Waals surface area (Å²) in [5.74, 6) is -4.55. The average molecular weight is 464 g/mol. The lowest BCUT2D eigenvalue weighted by molar-refractivity contribution is -0.137. The largest absolute Gasteiger partial charge is 0.481 e. The summed E-state index contributed by atoms with van der Waals surface area (Å²) in [6.45, 7) is 0. The number of carboxylic acids is 4. The second-order valence-electron chi connectivity index (χ2n) is 7.34. The number of carboxylic acid groups (broad SMARTS) is 4. The van der Waals surface area contributed by atoms with Gasteiger partial charge in [0.25, 0.3) is 0 Å². The number of nitrogens with one attached hydrogen (secondary N) is 2. The van der Waals surface area contributed by atoms with E-state index in [2.05, 4.69) is 10.6 Å². The summed E-state index contributed by atoms with van der Waals surface area (Å²) in [7, 11) is 0. The van der Waals surface area contributed by atoms with Crippen molar-refractivity contribution in [2.24, 2.45) is 0 Å². The van der Waals surface area contributed by atoms with Gasteiger partial charge in [-0.15, -0.1) is 0 Å². The lowest BCUT2D eigenvalue weighted by Crippen LogP contribution is -2.09. The molecule has 0 aliphatic rings. The van der Waals surface area contributed by atoms with Gasteiger partial charge in [-0.05, 0) is 47.5 Å². The maximum atomic E-state index is 11.9. The first-order valence-corrected chi connectivity index (χ1v) is 9.92. The average Bonchev–Trinajstić information content (AvgIpc) is 2.76. The van der Waals surface area contributed by atoms with Crippen LogP contribution in [0.25, 0.3) is 0 Å². The zero-order valence-corrected chi connectivity index (χ0v) is 17.6. The molecule has 0 bridgehead atoms. The summed E-state index contributed by atoms with van der Waals surface area (Å²) in [5.41, 5.74) is 1.70. The van der Waals surface area contributed by atoms with E-state index in [0.29, 0.717) is 22.5 Å². The van der Waals surface area contributed by atoms with E-state index in [4.69, 9.17) is 10.2 Å². The highest BCUT2D eigenvalue weighted by molar-refractivity contribution is 6.03. The molecule has 174 valence electrons. The van der Waals surface area contributed by atoms with Gasteiger partial charge in [0.1, 0.15) is 0 Å². The Labute approximate surface area is 193 Å². The molecule has 0 radical (unpaired) electrons. The number of rotatable bonds is 10. The van der Waals surface area contributed by atoms with Crippen molar-refractivity contribution in [2.45, 2.75) is 12.8 Å². The zero-order valence-electron chi connectivity index (χ0n) is 17.6. The first-order valence-electron chi connectivity index (χ1n) is 9.92. The van der Waals surface area contributed by atoms with E-state index in [9.17, 15) is 29.4 Å². The minimum absolute atomic E-state index is 0.0400. The van der Waals surface area contributed by atoms with E-state index < -0.39 is 23.9 Å². The van der Waals surface area contributed by atoms with Crippen LogP contribution in [0.1, 0.15) is 31.8 Å². The van der Waals surface area contributed by atoms with Gasteiger partial charge in [0.05, 0.1) is 35.3 Å². The third kappa shape index (κ3) is 6.10. The maximum absolute atomic E-state index is 11.9. The monoisotopic (exact) mass is 464 g/mol. The van der Waals surface area contributed by atoms with Crippen LogP contribution in [0, 0.1) is 0 Å². The fourth-order valence-corrected chi connectivity index (χ4v) is 3.23. The number of aliphatic carboxylic acids is 2. The normalized spacial score (nSPS) is 10.4. The minimum Gasteiger partial charge on any atom is -0.481 e. The highest BCUT2D eigenvalue weighted by atomic mass is 16.4. The van der Waals surface area contributed by atoms with Gasteiger partial charge in [-0.2, -0.15) is 0 Å². The van der Waals surface area contributed by atoms with E-state index in [1.165, 1.54) is 12.1 Å². The Hall–Kier alpha value is -4.86. The van der Waals surface area contributed by atoms with Crippen LogP contribution >= 0.6 is 0 Å². The molecule has 10 nitrogen and oxygen atoms in total. The Morgan fingerprint density at radius 2 is 0.882 bits per heavy atom. The molecule has 0 unspecified atom stereocenters. The second kappa shape index (κ2) is 10.2. The Balaban J connectivity index is 1.92. The van der Waals surface area contributed by atoms with Crippen LogP contribution in [0.2, 0.25) is 0 Å². The van der Waals surface area contributed by atoms with Gasteiger partial charge >= 0.3 is 23.9 Å². The molecule has 34 heavy (non-hydrogen) atoms. The van der Waals surface area contributed by atoms with Crippen LogP contribution in [0.5, 0.6) is 0 Å². The number of carbonyl (C=O) groups is 4. The molecule has 0 aromatic heterocycles. The van der Waals surface area contributed by atoms with Crippen LogP contribution in [0.3, 0.4) is 0 Å². The molecule has 0 saturated carbocycles. The van der Waals surface area contributed by atoms with Crippen LogP contribution in [-0.4, -0.2) is 44.3 Å². The SMILES string of the molecule is O=C(O)Cc1ccc(Nc2cc(C(=O)O)c(Nc3ccc(CC(=O)O)cc3)cc2C(=O)O)cc1. The zero-order chi connectivity index (χ0) is 24.8. The number of hydrogen-bond donors (Lipinski definition) is 6. The predicted octanol–water partition coefficient (Wildman–Crippen LogP) is 3.82. The van der Waals surface area contributed by atoms with E-state index in [1.807, 2.05) is 0 Å². The fraction of sp³-hybridized carbons (Fsp3) is 0.0833. The molecule has 0 heterocycles. The molecule has 3 aromatic carbocycles. The molecule has 10 heteroatoms. The summed E-state index contributed by atoms with van der Waals surface area (Å²) in [5, 5.41) is 42.9. The fourth-order valence-electron chi connectivity index (χ4n) is 3.23. The van der Waals surface area contributed by atoms with Gasteiger partial charge in [0.15, 0.2) is 0 Å². The first-order chi connectivity index (χ1) is 16.1. The third-order valence-electron chi connectivity index (χ3n) is 4.80. The predicted molar refractivity (Wildman–Crippen MR) is 122 cm³/mol. The highest BCUT2D eigenvalue weighted by Crippen LogP contribution is 2.31. The molecule has 3 aromatic rings. The molecule has 0 fully saturated rings. The van der Waals surface area contributed by atoms with Gasteiger partial charge in [0, 0.05) is 11.4 Å².